The van der Waals surface area contributed by atoms with Crippen molar-refractivity contribution in [2.45, 2.75) is 161 Å². The monoisotopic (exact) mass is 567 g/mol. The molecular weight excluding hydrogens is 506 g/mol. The fraction of sp³-hybridized carbons (Fsp3) is 0.778. The van der Waals surface area contributed by atoms with Crippen LogP contribution in [0.2, 0.25) is 0 Å². The fourth-order valence-electron chi connectivity index (χ4n) is 7.45. The summed E-state index contributed by atoms with van der Waals surface area (Å²) in [6.07, 6.45) is 20.1. The highest BCUT2D eigenvalue weighted by atomic mass is 16.2. The number of piperidine rings is 2. The number of imide groups is 1. The molecule has 3 heterocycles. The number of amides is 2. The number of nitrogens with zero attached hydrogens (tertiary/aromatic N) is 2. The van der Waals surface area contributed by atoms with Gasteiger partial charge in [-0.1, -0.05) is 89.3 Å². The molecule has 0 saturated carbocycles. The third kappa shape index (κ3) is 11.4. The van der Waals surface area contributed by atoms with E-state index in [-0.39, 0.29) is 34.9 Å². The second kappa shape index (κ2) is 16.7. The molecule has 2 amide bonds. The molecule has 3 aliphatic rings. The van der Waals surface area contributed by atoms with Crippen LogP contribution in [0.3, 0.4) is 0 Å². The number of hydrogen-bond acceptors (Lipinski definition) is 4. The van der Waals surface area contributed by atoms with Crippen LogP contribution >= 0.6 is 0 Å². The van der Waals surface area contributed by atoms with Crippen molar-refractivity contribution in [2.75, 3.05) is 18.0 Å². The van der Waals surface area contributed by atoms with E-state index in [0.717, 1.165) is 25.7 Å². The van der Waals surface area contributed by atoms with Crippen molar-refractivity contribution in [1.82, 2.24) is 10.2 Å². The van der Waals surface area contributed by atoms with Gasteiger partial charge in [-0.05, 0) is 78.4 Å². The maximum absolute atomic E-state index is 13.0. The number of rotatable bonds is 13. The number of para-hydroxylation sites is 1. The van der Waals surface area contributed by atoms with Crippen LogP contribution in [0.25, 0.3) is 0 Å². The van der Waals surface area contributed by atoms with Gasteiger partial charge in [-0.15, -0.1) is 0 Å². The number of benzene rings is 1. The minimum Gasteiger partial charge on any atom is -0.372 e. The Labute approximate surface area is 252 Å². The molecule has 3 saturated heterocycles. The van der Waals surface area contributed by atoms with Gasteiger partial charge in [-0.25, -0.2) is 0 Å². The predicted octanol–water partition coefficient (Wildman–Crippen LogP) is 8.66. The lowest BCUT2D eigenvalue weighted by Crippen LogP contribution is -2.62. The van der Waals surface area contributed by atoms with Gasteiger partial charge in [0.25, 0.3) is 0 Å². The first-order chi connectivity index (χ1) is 19.6. The van der Waals surface area contributed by atoms with E-state index in [4.69, 9.17) is 0 Å². The molecule has 3 aliphatic heterocycles. The lowest BCUT2D eigenvalue weighted by atomic mass is 9.79. The zero-order valence-corrected chi connectivity index (χ0v) is 27.2. The third-order valence-corrected chi connectivity index (χ3v) is 9.19. The lowest BCUT2D eigenvalue weighted by Gasteiger charge is -2.48. The van der Waals surface area contributed by atoms with Crippen LogP contribution in [0.1, 0.15) is 144 Å². The first-order valence-corrected chi connectivity index (χ1v) is 17.1. The van der Waals surface area contributed by atoms with E-state index >= 15 is 0 Å². The van der Waals surface area contributed by atoms with Crippen molar-refractivity contribution in [2.24, 2.45) is 5.92 Å². The smallest absolute Gasteiger partial charge is 0.233 e. The van der Waals surface area contributed by atoms with Crippen molar-refractivity contribution in [1.29, 1.82) is 0 Å². The van der Waals surface area contributed by atoms with Gasteiger partial charge in [0, 0.05) is 48.2 Å². The third-order valence-electron chi connectivity index (χ3n) is 9.19. The Morgan fingerprint density at radius 1 is 0.756 bits per heavy atom. The first kappa shape index (κ1) is 33.6. The minimum atomic E-state index is -0.0716. The van der Waals surface area contributed by atoms with Crippen LogP contribution in [0.5, 0.6) is 0 Å². The van der Waals surface area contributed by atoms with Gasteiger partial charge in [0.1, 0.15) is 0 Å². The molecule has 0 bridgehead atoms. The Balaban J connectivity index is 0.000000317. The first-order valence-electron chi connectivity index (χ1n) is 17.1. The molecule has 41 heavy (non-hydrogen) atoms. The summed E-state index contributed by atoms with van der Waals surface area (Å²) in [6.45, 7) is 13.4. The molecule has 0 aromatic heterocycles. The van der Waals surface area contributed by atoms with E-state index in [1.54, 1.807) is 4.90 Å². The molecule has 1 aromatic carbocycles. The number of carbonyl (C=O) groups excluding carboxylic acids is 2. The normalized spacial score (nSPS) is 22.5. The number of unbranched alkanes of at least 4 members (excludes halogenated alkanes) is 9. The Bertz CT molecular complexity index is 891. The Hall–Kier alpha value is -1.88. The second-order valence-corrected chi connectivity index (χ2v) is 14.3. The molecular formula is C36H61N3O2. The molecule has 1 aromatic rings. The summed E-state index contributed by atoms with van der Waals surface area (Å²) in [7, 11) is 0. The maximum Gasteiger partial charge on any atom is 0.233 e. The quantitative estimate of drug-likeness (QED) is 0.191. The standard InChI is InChI=1S/C25H46N2O2.C11H15N/c1-6-7-8-9-10-11-12-13-14-15-16-20-17-22(28)27(23(20)29)21-18-24(2,3)26-25(4,5)19-21;1-3-7-11(8-4-1)12-9-5-2-6-10-12/h20-21,26H,6-19H2,1-5H3;1,3-4,7-8H,2,5-6,9-10H2. The molecule has 232 valence electrons. The van der Waals surface area contributed by atoms with Crippen LogP contribution < -0.4 is 10.2 Å². The van der Waals surface area contributed by atoms with Crippen molar-refractivity contribution in [3.63, 3.8) is 0 Å². The Kier molecular flexibility index (Phi) is 13.7. The average molecular weight is 568 g/mol. The summed E-state index contributed by atoms with van der Waals surface area (Å²) in [5.74, 6) is 0.0904. The van der Waals surface area contributed by atoms with Crippen molar-refractivity contribution < 1.29 is 9.59 Å². The molecule has 1 atom stereocenters. The Morgan fingerprint density at radius 2 is 1.29 bits per heavy atom. The van der Waals surface area contributed by atoms with E-state index in [9.17, 15) is 9.59 Å². The van der Waals surface area contributed by atoms with Gasteiger partial charge in [-0.3, -0.25) is 14.5 Å². The topological polar surface area (TPSA) is 52.7 Å². The van der Waals surface area contributed by atoms with E-state index in [1.165, 1.54) is 95.8 Å². The molecule has 4 rings (SSSR count). The van der Waals surface area contributed by atoms with Gasteiger partial charge in [0.15, 0.2) is 0 Å². The number of carbonyl (C=O) groups is 2. The lowest BCUT2D eigenvalue weighted by molar-refractivity contribution is -0.144. The SMILES string of the molecule is CCCCCCCCCCCCC1CC(=O)N(C2CC(C)(C)NC(C)(C)C2)C1=O.c1ccc(N2CCCCC2)cc1. The molecule has 0 aliphatic carbocycles. The summed E-state index contributed by atoms with van der Waals surface area (Å²) >= 11 is 0. The van der Waals surface area contributed by atoms with Crippen LogP contribution in [-0.2, 0) is 9.59 Å². The highest BCUT2D eigenvalue weighted by Gasteiger charge is 2.47. The highest BCUT2D eigenvalue weighted by molar-refractivity contribution is 6.03. The zero-order valence-electron chi connectivity index (χ0n) is 27.2. The van der Waals surface area contributed by atoms with E-state index < -0.39 is 0 Å². The predicted molar refractivity (Wildman–Crippen MR) is 173 cm³/mol. The summed E-state index contributed by atoms with van der Waals surface area (Å²) < 4.78 is 0. The van der Waals surface area contributed by atoms with Crippen LogP contribution in [-0.4, -0.2) is 46.9 Å². The van der Waals surface area contributed by atoms with Gasteiger partial charge in [-0.2, -0.15) is 0 Å². The number of likely N-dealkylation sites (tertiary alicyclic amines) is 1. The van der Waals surface area contributed by atoms with Gasteiger partial charge in [0.2, 0.25) is 11.8 Å². The molecule has 0 spiro atoms. The highest BCUT2D eigenvalue weighted by Crippen LogP contribution is 2.36. The summed E-state index contributed by atoms with van der Waals surface area (Å²) in [6, 6.07) is 10.7. The van der Waals surface area contributed by atoms with Crippen LogP contribution in [0, 0.1) is 5.92 Å². The summed E-state index contributed by atoms with van der Waals surface area (Å²) in [4.78, 5) is 29.8. The molecule has 5 nitrogen and oxygen atoms in total. The Morgan fingerprint density at radius 3 is 1.85 bits per heavy atom. The number of anilines is 1. The fourth-order valence-corrected chi connectivity index (χ4v) is 7.45. The number of nitrogens with one attached hydrogen (secondary N) is 1. The molecule has 1 N–H and O–H groups in total. The molecule has 0 radical (unpaired) electrons. The molecule has 3 fully saturated rings. The van der Waals surface area contributed by atoms with Crippen molar-refractivity contribution in [3.05, 3.63) is 30.3 Å². The average Bonchev–Trinajstić information content (AvgIpc) is 3.22. The molecule has 1 unspecified atom stereocenters. The van der Waals surface area contributed by atoms with Crippen LogP contribution in [0.4, 0.5) is 5.69 Å². The zero-order chi connectivity index (χ0) is 29.7. The van der Waals surface area contributed by atoms with E-state index in [2.05, 4.69) is 75.2 Å². The number of hydrogen-bond donors (Lipinski definition) is 1. The van der Waals surface area contributed by atoms with Crippen molar-refractivity contribution in [3.8, 4) is 0 Å². The van der Waals surface area contributed by atoms with Crippen molar-refractivity contribution >= 4 is 17.5 Å². The molecule has 5 heteroatoms. The van der Waals surface area contributed by atoms with Gasteiger partial charge in [0.05, 0.1) is 0 Å². The summed E-state index contributed by atoms with van der Waals surface area (Å²) in [5, 5.41) is 3.65. The summed E-state index contributed by atoms with van der Waals surface area (Å²) in [5.41, 5.74) is 1.28. The maximum atomic E-state index is 13.0. The van der Waals surface area contributed by atoms with E-state index in [1.807, 2.05) is 0 Å². The van der Waals surface area contributed by atoms with Gasteiger partial charge < -0.3 is 10.2 Å². The van der Waals surface area contributed by atoms with E-state index in [0.29, 0.717) is 6.42 Å². The van der Waals surface area contributed by atoms with Gasteiger partial charge >= 0.3 is 0 Å². The van der Waals surface area contributed by atoms with Crippen LogP contribution in [0.15, 0.2) is 30.3 Å². The minimum absolute atomic E-state index is 0.0407. The second-order valence-electron chi connectivity index (χ2n) is 14.3. The largest absolute Gasteiger partial charge is 0.372 e.